The van der Waals surface area contributed by atoms with Crippen molar-refractivity contribution in [2.24, 2.45) is 0 Å². The van der Waals surface area contributed by atoms with Crippen LogP contribution in [0, 0.1) is 0 Å². The van der Waals surface area contributed by atoms with Crippen LogP contribution in [-0.4, -0.2) is 26.6 Å². The molecule has 4 heterocycles. The molecule has 1 aromatic carbocycles. The number of carbonyl (C=O) groups is 2. The Morgan fingerprint density at radius 2 is 2.03 bits per heavy atom. The molecule has 0 bridgehead atoms. The van der Waals surface area contributed by atoms with Crippen LogP contribution >= 0.6 is 0 Å². The van der Waals surface area contributed by atoms with Gasteiger partial charge in [-0.05, 0) is 42.7 Å². The fourth-order valence-electron chi connectivity index (χ4n) is 4.96. The number of aromatic hydroxyl groups is 1. The Morgan fingerprint density at radius 1 is 1.25 bits per heavy atom. The summed E-state index contributed by atoms with van der Waals surface area (Å²) in [4.78, 5) is 42.9. The summed E-state index contributed by atoms with van der Waals surface area (Å²) in [5, 5.41) is 10.8. The maximum Gasteiger partial charge on any atom is 0.355 e. The standard InChI is InChI=1S/C24H22N2O6/c1-4-14-15-8-13(28)6-7-19(15)25-21-16(14)10-26-20(21)9-18-17(22(26)29)11-31-23(30)24(18,5-2)32-12(3)27/h6-9,28H,4-5,10-11H2,1-3H3/t24-/m0/s1. The summed E-state index contributed by atoms with van der Waals surface area (Å²) in [5.74, 6) is -1.15. The molecule has 0 aliphatic carbocycles. The van der Waals surface area contributed by atoms with Crippen molar-refractivity contribution >= 4 is 22.8 Å². The third-order valence-electron chi connectivity index (χ3n) is 6.43. The highest BCUT2D eigenvalue weighted by atomic mass is 16.6. The van der Waals surface area contributed by atoms with Crippen molar-refractivity contribution in [3.05, 3.63) is 56.9 Å². The second-order valence-electron chi connectivity index (χ2n) is 8.14. The van der Waals surface area contributed by atoms with Gasteiger partial charge in [-0.1, -0.05) is 13.8 Å². The summed E-state index contributed by atoms with van der Waals surface area (Å²) >= 11 is 0. The molecule has 2 aromatic heterocycles. The molecular weight excluding hydrogens is 412 g/mol. The largest absolute Gasteiger partial charge is 0.508 e. The molecule has 164 valence electrons. The Bertz CT molecular complexity index is 1390. The number of fused-ring (bicyclic) bond motifs is 5. The van der Waals surface area contributed by atoms with Crippen LogP contribution in [0.15, 0.2) is 29.1 Å². The molecule has 1 atom stereocenters. The summed E-state index contributed by atoms with van der Waals surface area (Å²) < 4.78 is 12.4. The number of phenolic OH excluding ortho intramolecular Hbond substituents is 1. The first kappa shape index (κ1) is 20.2. The predicted octanol–water partition coefficient (Wildman–Crippen LogP) is 2.92. The van der Waals surface area contributed by atoms with E-state index >= 15 is 0 Å². The van der Waals surface area contributed by atoms with Crippen molar-refractivity contribution in [3.63, 3.8) is 0 Å². The monoisotopic (exact) mass is 434 g/mol. The second kappa shape index (κ2) is 6.91. The van der Waals surface area contributed by atoms with Gasteiger partial charge in [0.15, 0.2) is 0 Å². The zero-order valence-electron chi connectivity index (χ0n) is 18.0. The van der Waals surface area contributed by atoms with Gasteiger partial charge in [-0.3, -0.25) is 9.59 Å². The van der Waals surface area contributed by atoms with Gasteiger partial charge in [-0.2, -0.15) is 0 Å². The first-order valence-corrected chi connectivity index (χ1v) is 10.6. The fraction of sp³-hybridized carbons (Fsp3) is 0.333. The molecule has 0 spiro atoms. The number of aryl methyl sites for hydroxylation is 1. The van der Waals surface area contributed by atoms with Crippen molar-refractivity contribution in [1.29, 1.82) is 0 Å². The quantitative estimate of drug-likeness (QED) is 0.494. The molecule has 0 saturated carbocycles. The normalized spacial score (nSPS) is 18.7. The van der Waals surface area contributed by atoms with Crippen molar-refractivity contribution in [3.8, 4) is 17.1 Å². The molecule has 2 aliphatic heterocycles. The van der Waals surface area contributed by atoms with Crippen LogP contribution in [0.2, 0.25) is 0 Å². The molecular formula is C24H22N2O6. The van der Waals surface area contributed by atoms with E-state index in [-0.39, 0.29) is 24.3 Å². The number of rotatable bonds is 3. The molecule has 0 saturated heterocycles. The van der Waals surface area contributed by atoms with Gasteiger partial charge >= 0.3 is 11.9 Å². The van der Waals surface area contributed by atoms with E-state index in [1.54, 1.807) is 35.8 Å². The number of hydrogen-bond donors (Lipinski definition) is 1. The number of benzene rings is 1. The van der Waals surface area contributed by atoms with Crippen molar-refractivity contribution < 1.29 is 24.2 Å². The summed E-state index contributed by atoms with van der Waals surface area (Å²) in [6, 6.07) is 6.76. The highest BCUT2D eigenvalue weighted by Gasteiger charge is 2.50. The Hall–Kier alpha value is -3.68. The van der Waals surface area contributed by atoms with E-state index in [1.165, 1.54) is 6.92 Å². The molecule has 8 nitrogen and oxygen atoms in total. The van der Waals surface area contributed by atoms with Crippen molar-refractivity contribution in [2.75, 3.05) is 0 Å². The number of cyclic esters (lactones) is 1. The summed E-state index contributed by atoms with van der Waals surface area (Å²) in [6.07, 6.45) is 0.833. The van der Waals surface area contributed by atoms with E-state index < -0.39 is 17.5 Å². The maximum absolute atomic E-state index is 13.5. The van der Waals surface area contributed by atoms with Gasteiger partial charge in [-0.25, -0.2) is 9.78 Å². The number of nitrogens with zero attached hydrogens (tertiary/aromatic N) is 2. The first-order chi connectivity index (χ1) is 15.3. The van der Waals surface area contributed by atoms with Crippen LogP contribution in [-0.2, 0) is 44.2 Å². The molecule has 0 fully saturated rings. The lowest BCUT2D eigenvalue weighted by Crippen LogP contribution is -2.47. The van der Waals surface area contributed by atoms with Gasteiger partial charge in [0, 0.05) is 23.4 Å². The average Bonchev–Trinajstić information content (AvgIpc) is 3.12. The fourth-order valence-corrected chi connectivity index (χ4v) is 4.96. The van der Waals surface area contributed by atoms with E-state index in [1.807, 2.05) is 6.92 Å². The minimum atomic E-state index is -1.66. The second-order valence-corrected chi connectivity index (χ2v) is 8.14. The smallest absolute Gasteiger partial charge is 0.355 e. The molecule has 0 radical (unpaired) electrons. The highest BCUT2D eigenvalue weighted by Crippen LogP contribution is 2.42. The van der Waals surface area contributed by atoms with Gasteiger partial charge in [0.2, 0.25) is 5.60 Å². The molecule has 0 unspecified atom stereocenters. The van der Waals surface area contributed by atoms with Gasteiger partial charge in [-0.15, -0.1) is 0 Å². The Balaban J connectivity index is 1.82. The minimum Gasteiger partial charge on any atom is -0.508 e. The summed E-state index contributed by atoms with van der Waals surface area (Å²) in [7, 11) is 0. The number of ether oxygens (including phenoxy) is 2. The zero-order valence-corrected chi connectivity index (χ0v) is 18.0. The topological polar surface area (TPSA) is 108 Å². The number of pyridine rings is 2. The lowest BCUT2D eigenvalue weighted by molar-refractivity contribution is -0.188. The first-order valence-electron chi connectivity index (χ1n) is 10.6. The third kappa shape index (κ3) is 2.62. The number of aromatic nitrogens is 2. The minimum absolute atomic E-state index is 0.138. The lowest BCUT2D eigenvalue weighted by atomic mass is 9.85. The molecule has 8 heteroatoms. The van der Waals surface area contributed by atoms with Crippen molar-refractivity contribution in [1.82, 2.24) is 9.55 Å². The Kier molecular flexibility index (Phi) is 4.37. The van der Waals surface area contributed by atoms with E-state index in [0.29, 0.717) is 41.0 Å². The van der Waals surface area contributed by atoms with Crippen LogP contribution in [0.3, 0.4) is 0 Å². The molecule has 0 amide bonds. The van der Waals surface area contributed by atoms with E-state index in [9.17, 15) is 19.5 Å². The van der Waals surface area contributed by atoms with Crippen LogP contribution < -0.4 is 5.56 Å². The number of esters is 2. The zero-order chi connectivity index (χ0) is 22.8. The van der Waals surface area contributed by atoms with Gasteiger partial charge in [0.1, 0.15) is 12.4 Å². The molecule has 1 N–H and O–H groups in total. The van der Waals surface area contributed by atoms with Crippen LogP contribution in [0.1, 0.15) is 49.4 Å². The third-order valence-corrected chi connectivity index (χ3v) is 6.43. The SMILES string of the molecule is CCc1c2c(nc3ccc(O)cc13)-c1cc3c(c(=O)n1C2)COC(=O)[C@@]3(CC)OC(C)=O. The average molecular weight is 434 g/mol. The van der Waals surface area contributed by atoms with Crippen LogP contribution in [0.5, 0.6) is 5.75 Å². The number of phenols is 1. The summed E-state index contributed by atoms with van der Waals surface area (Å²) in [6.45, 7) is 5.12. The van der Waals surface area contributed by atoms with Gasteiger partial charge in [0.05, 0.1) is 29.0 Å². The Labute approximate surface area is 183 Å². The molecule has 32 heavy (non-hydrogen) atoms. The van der Waals surface area contributed by atoms with Gasteiger partial charge in [0.25, 0.3) is 5.56 Å². The maximum atomic E-state index is 13.5. The Morgan fingerprint density at radius 3 is 2.72 bits per heavy atom. The van der Waals surface area contributed by atoms with E-state index in [2.05, 4.69) is 0 Å². The molecule has 2 aliphatic rings. The number of carbonyl (C=O) groups excluding carboxylic acids is 2. The lowest BCUT2D eigenvalue weighted by Gasteiger charge is -2.35. The van der Waals surface area contributed by atoms with Gasteiger partial charge < -0.3 is 19.1 Å². The van der Waals surface area contributed by atoms with E-state index in [0.717, 1.165) is 16.5 Å². The van der Waals surface area contributed by atoms with Crippen molar-refractivity contribution in [2.45, 2.75) is 52.4 Å². The number of hydrogen-bond acceptors (Lipinski definition) is 7. The van der Waals surface area contributed by atoms with Crippen LogP contribution in [0.25, 0.3) is 22.3 Å². The predicted molar refractivity (Wildman–Crippen MR) is 115 cm³/mol. The molecule has 3 aromatic rings. The highest BCUT2D eigenvalue weighted by molar-refractivity contribution is 5.90. The van der Waals surface area contributed by atoms with Crippen LogP contribution in [0.4, 0.5) is 0 Å². The molecule has 5 rings (SSSR count). The summed E-state index contributed by atoms with van der Waals surface area (Å²) in [5.41, 5.74) is 2.58. The van der Waals surface area contributed by atoms with E-state index in [4.69, 9.17) is 14.5 Å².